The number of nitrogens with one attached hydrogen (secondary N) is 1. The van der Waals surface area contributed by atoms with Crippen molar-refractivity contribution >= 4 is 21.8 Å². The monoisotopic (exact) mass is 389 g/mol. The van der Waals surface area contributed by atoms with Crippen molar-refractivity contribution in [1.82, 2.24) is 10.2 Å². The van der Waals surface area contributed by atoms with Crippen molar-refractivity contribution in [3.8, 4) is 0 Å². The topological polar surface area (TPSA) is 78.8 Å². The van der Waals surface area contributed by atoms with Crippen molar-refractivity contribution in [2.24, 2.45) is 4.40 Å². The number of nitrogens with zero attached hydrogens (tertiary/aromatic N) is 2. The molecule has 0 unspecified atom stereocenters. The minimum Gasteiger partial charge on any atom is -0.352 e. The molecule has 0 aromatic heterocycles. The molecule has 2 fully saturated rings. The largest absolute Gasteiger partial charge is 0.352 e. The summed E-state index contributed by atoms with van der Waals surface area (Å²) in [7, 11) is -3.67. The Labute approximate surface area is 161 Å². The molecule has 0 bridgehead atoms. The van der Waals surface area contributed by atoms with E-state index in [1.54, 1.807) is 18.2 Å². The van der Waals surface area contributed by atoms with Gasteiger partial charge < -0.3 is 10.2 Å². The number of likely N-dealkylation sites (tertiary alicyclic amines) is 1. The van der Waals surface area contributed by atoms with E-state index in [0.29, 0.717) is 17.9 Å². The molecule has 0 radical (unpaired) electrons. The molecule has 6 nitrogen and oxygen atoms in total. The maximum atomic E-state index is 13.1. The van der Waals surface area contributed by atoms with Crippen molar-refractivity contribution in [2.75, 3.05) is 6.54 Å². The van der Waals surface area contributed by atoms with Crippen LogP contribution in [0.25, 0.3) is 0 Å². The van der Waals surface area contributed by atoms with Crippen molar-refractivity contribution < 1.29 is 13.2 Å². The van der Waals surface area contributed by atoms with E-state index in [2.05, 4.69) is 9.71 Å². The predicted octanol–water partition coefficient (Wildman–Crippen LogP) is 2.83. The number of carbonyl (C=O) groups excluding carboxylic acids is 1. The molecule has 1 saturated heterocycles. The Morgan fingerprint density at radius 1 is 1.00 bits per heavy atom. The van der Waals surface area contributed by atoms with Gasteiger partial charge in [0, 0.05) is 18.2 Å². The molecule has 3 aliphatic rings. The van der Waals surface area contributed by atoms with Gasteiger partial charge in [0.25, 0.3) is 10.0 Å². The molecule has 0 spiro atoms. The molecular formula is C20H27N3O3S. The lowest BCUT2D eigenvalue weighted by Gasteiger charge is -2.37. The van der Waals surface area contributed by atoms with Gasteiger partial charge in [0.15, 0.2) is 5.84 Å². The van der Waals surface area contributed by atoms with Gasteiger partial charge in [-0.05, 0) is 44.2 Å². The van der Waals surface area contributed by atoms with E-state index >= 15 is 0 Å². The Hall–Kier alpha value is -1.89. The lowest BCUT2D eigenvalue weighted by Crippen LogP contribution is -2.53. The first-order valence-electron chi connectivity index (χ1n) is 10.1. The van der Waals surface area contributed by atoms with Gasteiger partial charge in [-0.1, -0.05) is 37.8 Å². The van der Waals surface area contributed by atoms with Gasteiger partial charge in [-0.3, -0.25) is 4.79 Å². The highest BCUT2D eigenvalue weighted by atomic mass is 32.2. The second-order valence-electron chi connectivity index (χ2n) is 7.79. The van der Waals surface area contributed by atoms with Gasteiger partial charge in [0.1, 0.15) is 10.9 Å². The van der Waals surface area contributed by atoms with Crippen LogP contribution in [0.5, 0.6) is 0 Å². The van der Waals surface area contributed by atoms with E-state index in [9.17, 15) is 13.2 Å². The lowest BCUT2D eigenvalue weighted by molar-refractivity contribution is -0.126. The number of hydrogen-bond acceptors (Lipinski definition) is 4. The number of piperidine rings is 1. The van der Waals surface area contributed by atoms with Gasteiger partial charge in [0.05, 0.1) is 0 Å². The maximum Gasteiger partial charge on any atom is 0.285 e. The smallest absolute Gasteiger partial charge is 0.285 e. The highest BCUT2D eigenvalue weighted by Gasteiger charge is 2.38. The van der Waals surface area contributed by atoms with E-state index in [0.717, 1.165) is 44.9 Å². The summed E-state index contributed by atoms with van der Waals surface area (Å²) < 4.78 is 28.9. The molecule has 1 N–H and O–H groups in total. The Morgan fingerprint density at radius 3 is 2.48 bits per heavy atom. The van der Waals surface area contributed by atoms with Crippen LogP contribution < -0.4 is 5.32 Å². The number of carbonyl (C=O) groups is 1. The number of fused-ring (bicyclic) bond motifs is 1. The minimum absolute atomic E-state index is 0.0195. The Balaban J connectivity index is 1.57. The number of amides is 1. The SMILES string of the molecule is O=C(NC1CCCCCC1)[C@@H]1CCCCN1C1=NS(=O)(=O)c2ccccc21. The Bertz CT molecular complexity index is 842. The summed E-state index contributed by atoms with van der Waals surface area (Å²) in [6.07, 6.45) is 9.54. The second-order valence-corrected chi connectivity index (χ2v) is 9.36. The highest BCUT2D eigenvalue weighted by molar-refractivity contribution is 7.90. The van der Waals surface area contributed by atoms with Gasteiger partial charge in [-0.2, -0.15) is 8.42 Å². The van der Waals surface area contributed by atoms with Crippen LogP contribution in [-0.4, -0.2) is 43.7 Å². The van der Waals surface area contributed by atoms with Crippen molar-refractivity contribution in [2.45, 2.75) is 74.8 Å². The normalized spacial score (nSPS) is 25.4. The third-order valence-electron chi connectivity index (χ3n) is 5.89. The summed E-state index contributed by atoms with van der Waals surface area (Å²) in [4.78, 5) is 15.2. The quantitative estimate of drug-likeness (QED) is 0.789. The Morgan fingerprint density at radius 2 is 1.70 bits per heavy atom. The zero-order valence-corrected chi connectivity index (χ0v) is 16.4. The first-order valence-corrected chi connectivity index (χ1v) is 11.5. The summed E-state index contributed by atoms with van der Waals surface area (Å²) in [5.41, 5.74) is 0.617. The molecule has 2 heterocycles. The van der Waals surface area contributed by atoms with Crippen molar-refractivity contribution in [1.29, 1.82) is 0 Å². The summed E-state index contributed by atoms with van der Waals surface area (Å²) in [5.74, 6) is 0.456. The van der Waals surface area contributed by atoms with Crippen LogP contribution in [0.3, 0.4) is 0 Å². The number of sulfonamides is 1. The first kappa shape index (κ1) is 18.5. The van der Waals surface area contributed by atoms with Gasteiger partial charge in [-0.15, -0.1) is 4.40 Å². The van der Waals surface area contributed by atoms with Gasteiger partial charge >= 0.3 is 0 Å². The van der Waals surface area contributed by atoms with Crippen LogP contribution in [0.2, 0.25) is 0 Å². The van der Waals surface area contributed by atoms with E-state index in [1.165, 1.54) is 12.8 Å². The van der Waals surface area contributed by atoms with Gasteiger partial charge in [-0.25, -0.2) is 0 Å². The lowest BCUT2D eigenvalue weighted by atomic mass is 9.98. The summed E-state index contributed by atoms with van der Waals surface area (Å²) in [6, 6.07) is 6.80. The molecule has 27 heavy (non-hydrogen) atoms. The zero-order valence-electron chi connectivity index (χ0n) is 15.6. The molecule has 1 atom stereocenters. The fourth-order valence-electron chi connectivity index (χ4n) is 4.47. The fraction of sp³-hybridized carbons (Fsp3) is 0.600. The van der Waals surface area contributed by atoms with Crippen LogP contribution in [0.4, 0.5) is 0 Å². The Kier molecular flexibility index (Phi) is 5.21. The molecule has 1 aliphatic carbocycles. The predicted molar refractivity (Wildman–Crippen MR) is 104 cm³/mol. The van der Waals surface area contributed by atoms with Crippen LogP contribution >= 0.6 is 0 Å². The summed E-state index contributed by atoms with van der Waals surface area (Å²) >= 11 is 0. The molecule has 1 aromatic carbocycles. The number of amidine groups is 1. The number of benzene rings is 1. The summed E-state index contributed by atoms with van der Waals surface area (Å²) in [6.45, 7) is 0.658. The molecule has 1 saturated carbocycles. The van der Waals surface area contributed by atoms with E-state index < -0.39 is 10.0 Å². The van der Waals surface area contributed by atoms with Crippen molar-refractivity contribution in [3.05, 3.63) is 29.8 Å². The molecular weight excluding hydrogens is 362 g/mol. The van der Waals surface area contributed by atoms with Crippen molar-refractivity contribution in [3.63, 3.8) is 0 Å². The molecule has 146 valence electrons. The van der Waals surface area contributed by atoms with Crippen LogP contribution in [-0.2, 0) is 14.8 Å². The standard InChI is InChI=1S/C20H27N3O3S/c24-20(21-15-9-3-1-2-4-10-15)17-12-7-8-14-23(17)19-16-11-5-6-13-18(16)27(25,26)22-19/h5-6,11,13,15,17H,1-4,7-10,12,14H2,(H,21,24)/t17-/m0/s1. The first-order chi connectivity index (χ1) is 13.1. The maximum absolute atomic E-state index is 13.1. The van der Waals surface area contributed by atoms with E-state index in [1.807, 2.05) is 11.0 Å². The van der Waals surface area contributed by atoms with Crippen LogP contribution in [0.15, 0.2) is 33.6 Å². The molecule has 4 rings (SSSR count). The molecule has 1 aromatic rings. The summed E-state index contributed by atoms with van der Waals surface area (Å²) in [5, 5.41) is 3.24. The molecule has 2 aliphatic heterocycles. The average molecular weight is 390 g/mol. The van der Waals surface area contributed by atoms with Gasteiger partial charge in [0.2, 0.25) is 5.91 Å². The third-order valence-corrected chi connectivity index (χ3v) is 7.22. The minimum atomic E-state index is -3.67. The van der Waals surface area contributed by atoms with E-state index in [4.69, 9.17) is 0 Å². The average Bonchev–Trinajstić information content (AvgIpc) is 2.82. The van der Waals surface area contributed by atoms with Crippen LogP contribution in [0, 0.1) is 0 Å². The zero-order chi connectivity index (χ0) is 18.9. The molecule has 1 amide bonds. The third kappa shape index (κ3) is 3.74. The number of hydrogen-bond donors (Lipinski definition) is 1. The molecule has 7 heteroatoms. The fourth-order valence-corrected chi connectivity index (χ4v) is 5.69. The second kappa shape index (κ2) is 7.62. The van der Waals surface area contributed by atoms with Crippen LogP contribution in [0.1, 0.15) is 63.4 Å². The van der Waals surface area contributed by atoms with E-state index in [-0.39, 0.29) is 22.9 Å². The number of rotatable bonds is 2. The highest BCUT2D eigenvalue weighted by Crippen LogP contribution is 2.31.